The number of nitrogens with zero attached hydrogens (tertiary/aromatic N) is 1. The highest BCUT2D eigenvalue weighted by Gasteiger charge is 2.23. The summed E-state index contributed by atoms with van der Waals surface area (Å²) in [4.78, 5) is 14.8. The van der Waals surface area contributed by atoms with Crippen molar-refractivity contribution in [3.05, 3.63) is 52.5 Å². The summed E-state index contributed by atoms with van der Waals surface area (Å²) in [6.07, 6.45) is -0.147. The fourth-order valence-corrected chi connectivity index (χ4v) is 3.60. The highest BCUT2D eigenvalue weighted by atomic mass is 79.9. The Balaban J connectivity index is 2.21. The normalized spacial score (nSPS) is 12.4. The van der Waals surface area contributed by atoms with Crippen LogP contribution in [0.3, 0.4) is 0 Å². The molecule has 0 fully saturated rings. The molecule has 2 aromatic rings. The van der Waals surface area contributed by atoms with E-state index in [2.05, 4.69) is 53.8 Å². The van der Waals surface area contributed by atoms with Gasteiger partial charge in [0.25, 0.3) is 5.91 Å². The minimum atomic E-state index is -0.178. The van der Waals surface area contributed by atoms with Crippen LogP contribution < -0.4 is 14.8 Å². The minimum absolute atomic E-state index is 0.147. The third kappa shape index (κ3) is 5.72. The molecule has 0 aliphatic heterocycles. The summed E-state index contributed by atoms with van der Waals surface area (Å²) in [5.41, 5.74) is 1.23. The Morgan fingerprint density at radius 2 is 1.57 bits per heavy atom. The lowest BCUT2D eigenvalue weighted by Crippen LogP contribution is -2.46. The Labute approximate surface area is 176 Å². The molecule has 0 saturated carbocycles. The maximum absolute atomic E-state index is 12.5. The van der Waals surface area contributed by atoms with Crippen molar-refractivity contribution in [1.82, 2.24) is 4.90 Å². The Kier molecular flexibility index (Phi) is 7.89. The quantitative estimate of drug-likeness (QED) is 0.537. The van der Waals surface area contributed by atoms with E-state index in [1.54, 1.807) is 37.4 Å². The van der Waals surface area contributed by atoms with Crippen LogP contribution in [0, 0.1) is 0 Å². The third-order valence-electron chi connectivity index (χ3n) is 4.44. The number of methoxy groups -OCH3 is 1. The highest BCUT2D eigenvalue weighted by Crippen LogP contribution is 2.32. The van der Waals surface area contributed by atoms with E-state index in [-0.39, 0.29) is 12.1 Å². The van der Waals surface area contributed by atoms with Crippen LogP contribution >= 0.6 is 15.9 Å². The fourth-order valence-electron chi connectivity index (χ4n) is 3.33. The number of rotatable bonds is 8. The maximum atomic E-state index is 12.5. The second-order valence-electron chi connectivity index (χ2n) is 7.18. The molecule has 0 radical (unpaired) electrons. The number of anilines is 1. The SMILES string of the molecule is COc1ccc(NC(=O)c2ccc(Br)cc2)cc1OC(C)N(C(C)C)C(C)C. The van der Waals surface area contributed by atoms with Crippen LogP contribution in [0.2, 0.25) is 0 Å². The number of hydrogen-bond donors (Lipinski definition) is 1. The lowest BCUT2D eigenvalue weighted by atomic mass is 10.2. The van der Waals surface area contributed by atoms with E-state index in [0.29, 0.717) is 34.8 Å². The van der Waals surface area contributed by atoms with Gasteiger partial charge in [-0.15, -0.1) is 0 Å². The second kappa shape index (κ2) is 9.94. The first-order valence-corrected chi connectivity index (χ1v) is 10.2. The smallest absolute Gasteiger partial charge is 0.255 e. The lowest BCUT2D eigenvalue weighted by Gasteiger charge is -2.36. The number of carbonyl (C=O) groups excluding carboxylic acids is 1. The van der Waals surface area contributed by atoms with E-state index in [1.165, 1.54) is 0 Å². The predicted molar refractivity (Wildman–Crippen MR) is 117 cm³/mol. The lowest BCUT2D eigenvalue weighted by molar-refractivity contribution is -0.00690. The maximum Gasteiger partial charge on any atom is 0.255 e. The topological polar surface area (TPSA) is 50.8 Å². The molecule has 0 heterocycles. The number of benzene rings is 2. The summed E-state index contributed by atoms with van der Waals surface area (Å²) in [6, 6.07) is 13.3. The summed E-state index contributed by atoms with van der Waals surface area (Å²) in [5.74, 6) is 1.04. The molecule has 1 atom stereocenters. The van der Waals surface area contributed by atoms with Crippen molar-refractivity contribution < 1.29 is 14.3 Å². The monoisotopic (exact) mass is 448 g/mol. The first-order chi connectivity index (χ1) is 13.2. The van der Waals surface area contributed by atoms with Gasteiger partial charge in [-0.25, -0.2) is 0 Å². The van der Waals surface area contributed by atoms with Crippen molar-refractivity contribution in [3.8, 4) is 11.5 Å². The summed E-state index contributed by atoms with van der Waals surface area (Å²) in [7, 11) is 1.61. The average molecular weight is 449 g/mol. The summed E-state index contributed by atoms with van der Waals surface area (Å²) in [5, 5.41) is 2.91. The zero-order valence-electron chi connectivity index (χ0n) is 17.3. The van der Waals surface area contributed by atoms with Crippen molar-refractivity contribution in [1.29, 1.82) is 0 Å². The highest BCUT2D eigenvalue weighted by molar-refractivity contribution is 9.10. The molecule has 0 aromatic heterocycles. The van der Waals surface area contributed by atoms with Gasteiger partial charge in [0.15, 0.2) is 11.5 Å². The largest absolute Gasteiger partial charge is 0.493 e. The zero-order valence-corrected chi connectivity index (χ0v) is 18.9. The van der Waals surface area contributed by atoms with E-state index < -0.39 is 0 Å². The summed E-state index contributed by atoms with van der Waals surface area (Å²) < 4.78 is 12.6. The number of amides is 1. The van der Waals surface area contributed by atoms with Crippen LogP contribution in [-0.2, 0) is 0 Å². The minimum Gasteiger partial charge on any atom is -0.493 e. The van der Waals surface area contributed by atoms with Crippen molar-refractivity contribution in [2.75, 3.05) is 12.4 Å². The Bertz CT molecular complexity index is 783. The summed E-state index contributed by atoms with van der Waals surface area (Å²) >= 11 is 3.38. The van der Waals surface area contributed by atoms with Gasteiger partial charge in [-0.2, -0.15) is 0 Å². The van der Waals surface area contributed by atoms with E-state index in [0.717, 1.165) is 4.47 Å². The Hall–Kier alpha value is -2.05. The van der Waals surface area contributed by atoms with E-state index in [4.69, 9.17) is 9.47 Å². The van der Waals surface area contributed by atoms with Gasteiger partial charge in [0, 0.05) is 33.9 Å². The molecule has 1 unspecified atom stereocenters. The van der Waals surface area contributed by atoms with Gasteiger partial charge < -0.3 is 14.8 Å². The van der Waals surface area contributed by atoms with Gasteiger partial charge in [0.2, 0.25) is 0 Å². The molecule has 0 spiro atoms. The standard InChI is InChI=1S/C22H29BrN2O3/c1-14(2)25(15(3)4)16(5)28-21-13-19(11-12-20(21)27-6)24-22(26)17-7-9-18(23)10-8-17/h7-16H,1-6H3,(H,24,26). The van der Waals surface area contributed by atoms with Crippen LogP contribution in [0.1, 0.15) is 45.0 Å². The average Bonchev–Trinajstić information content (AvgIpc) is 2.61. The van der Waals surface area contributed by atoms with E-state index in [9.17, 15) is 4.79 Å². The molecular weight excluding hydrogens is 420 g/mol. The first kappa shape index (κ1) is 22.2. The number of nitrogens with one attached hydrogen (secondary N) is 1. The number of halogens is 1. The Morgan fingerprint density at radius 3 is 2.11 bits per heavy atom. The molecule has 6 heteroatoms. The number of ether oxygens (including phenoxy) is 2. The van der Waals surface area contributed by atoms with Crippen LogP contribution in [-0.4, -0.2) is 36.2 Å². The number of carbonyl (C=O) groups is 1. The van der Waals surface area contributed by atoms with E-state index in [1.807, 2.05) is 19.1 Å². The molecule has 5 nitrogen and oxygen atoms in total. The molecule has 2 aromatic carbocycles. The van der Waals surface area contributed by atoms with Crippen molar-refractivity contribution >= 4 is 27.5 Å². The molecule has 0 saturated heterocycles. The zero-order chi connectivity index (χ0) is 20.8. The molecule has 1 N–H and O–H groups in total. The third-order valence-corrected chi connectivity index (χ3v) is 4.97. The van der Waals surface area contributed by atoms with Crippen molar-refractivity contribution in [2.24, 2.45) is 0 Å². The van der Waals surface area contributed by atoms with Crippen molar-refractivity contribution in [2.45, 2.75) is 52.9 Å². The molecule has 0 aliphatic carbocycles. The molecule has 2 rings (SSSR count). The predicted octanol–water partition coefficient (Wildman–Crippen LogP) is 5.55. The summed E-state index contributed by atoms with van der Waals surface area (Å²) in [6.45, 7) is 10.6. The fraction of sp³-hybridized carbons (Fsp3) is 0.409. The number of hydrogen-bond acceptors (Lipinski definition) is 4. The van der Waals surface area contributed by atoms with Gasteiger partial charge in [0.1, 0.15) is 6.23 Å². The molecule has 0 bridgehead atoms. The van der Waals surface area contributed by atoms with Gasteiger partial charge in [-0.05, 0) is 71.0 Å². The van der Waals surface area contributed by atoms with Gasteiger partial charge in [-0.1, -0.05) is 15.9 Å². The van der Waals surface area contributed by atoms with Gasteiger partial charge in [-0.3, -0.25) is 9.69 Å². The van der Waals surface area contributed by atoms with Crippen molar-refractivity contribution in [3.63, 3.8) is 0 Å². The molecular formula is C22H29BrN2O3. The second-order valence-corrected chi connectivity index (χ2v) is 8.09. The van der Waals surface area contributed by atoms with Crippen LogP contribution in [0.4, 0.5) is 5.69 Å². The van der Waals surface area contributed by atoms with E-state index >= 15 is 0 Å². The first-order valence-electron chi connectivity index (χ1n) is 9.42. The molecule has 28 heavy (non-hydrogen) atoms. The van der Waals surface area contributed by atoms with Crippen LogP contribution in [0.5, 0.6) is 11.5 Å². The van der Waals surface area contributed by atoms with Gasteiger partial charge >= 0.3 is 0 Å². The van der Waals surface area contributed by atoms with Crippen LogP contribution in [0.15, 0.2) is 46.9 Å². The molecule has 1 amide bonds. The molecule has 152 valence electrons. The van der Waals surface area contributed by atoms with Crippen LogP contribution in [0.25, 0.3) is 0 Å². The molecule has 0 aliphatic rings. The van der Waals surface area contributed by atoms with Gasteiger partial charge in [0.05, 0.1) is 7.11 Å². The Morgan fingerprint density at radius 1 is 0.964 bits per heavy atom.